The molecule has 7 heteroatoms. The SMILES string of the molecule is C[C@@H](NCc1ccccc1F)C(=O)Nc1c(Cl)cc(Cl)cc1Cl. The number of carbonyl (C=O) groups is 1. The minimum atomic E-state index is -0.572. The zero-order valence-corrected chi connectivity index (χ0v) is 14.4. The number of hydrogen-bond donors (Lipinski definition) is 2. The molecule has 0 spiro atoms. The van der Waals surface area contributed by atoms with Gasteiger partial charge in [0.15, 0.2) is 0 Å². The average molecular weight is 376 g/mol. The van der Waals surface area contributed by atoms with E-state index in [1.807, 2.05) is 0 Å². The van der Waals surface area contributed by atoms with Gasteiger partial charge in [0, 0.05) is 17.1 Å². The van der Waals surface area contributed by atoms with Crippen molar-refractivity contribution in [2.24, 2.45) is 0 Å². The summed E-state index contributed by atoms with van der Waals surface area (Å²) in [7, 11) is 0. The molecule has 23 heavy (non-hydrogen) atoms. The van der Waals surface area contributed by atoms with Crippen LogP contribution in [0.3, 0.4) is 0 Å². The molecule has 3 nitrogen and oxygen atoms in total. The second-order valence-electron chi connectivity index (χ2n) is 4.93. The third-order valence-corrected chi connectivity index (χ3v) is 4.02. The smallest absolute Gasteiger partial charge is 0.241 e. The Morgan fingerprint density at radius 2 is 1.78 bits per heavy atom. The van der Waals surface area contributed by atoms with Gasteiger partial charge >= 0.3 is 0 Å². The Hall–Kier alpha value is -1.33. The normalized spacial score (nSPS) is 12.0. The summed E-state index contributed by atoms with van der Waals surface area (Å²) in [4.78, 5) is 12.2. The Labute approximate surface area is 148 Å². The molecule has 0 unspecified atom stereocenters. The molecule has 0 aliphatic heterocycles. The topological polar surface area (TPSA) is 41.1 Å². The molecule has 2 aromatic carbocycles. The lowest BCUT2D eigenvalue weighted by Gasteiger charge is -2.16. The van der Waals surface area contributed by atoms with Crippen molar-refractivity contribution in [3.63, 3.8) is 0 Å². The number of rotatable bonds is 5. The molecule has 0 aromatic heterocycles. The van der Waals surface area contributed by atoms with Gasteiger partial charge in [-0.15, -0.1) is 0 Å². The fourth-order valence-corrected chi connectivity index (χ4v) is 2.80. The van der Waals surface area contributed by atoms with Crippen molar-refractivity contribution in [1.29, 1.82) is 0 Å². The van der Waals surface area contributed by atoms with E-state index in [4.69, 9.17) is 34.8 Å². The second kappa shape index (κ2) is 7.97. The Morgan fingerprint density at radius 1 is 1.17 bits per heavy atom. The number of amides is 1. The number of hydrogen-bond acceptors (Lipinski definition) is 2. The average Bonchev–Trinajstić information content (AvgIpc) is 2.49. The van der Waals surface area contributed by atoms with Crippen LogP contribution in [-0.4, -0.2) is 11.9 Å². The zero-order valence-electron chi connectivity index (χ0n) is 12.2. The molecule has 0 aliphatic carbocycles. The van der Waals surface area contributed by atoms with Crippen molar-refractivity contribution in [2.75, 3.05) is 5.32 Å². The highest BCUT2D eigenvalue weighted by atomic mass is 35.5. The van der Waals surface area contributed by atoms with Crippen LogP contribution in [0, 0.1) is 5.82 Å². The highest BCUT2D eigenvalue weighted by Gasteiger charge is 2.16. The maximum absolute atomic E-state index is 13.5. The first-order valence-electron chi connectivity index (χ1n) is 6.80. The van der Waals surface area contributed by atoms with E-state index < -0.39 is 6.04 Å². The molecule has 2 rings (SSSR count). The molecular formula is C16H14Cl3FN2O. The van der Waals surface area contributed by atoms with Crippen LogP contribution in [0.15, 0.2) is 36.4 Å². The first-order chi connectivity index (χ1) is 10.9. The molecule has 0 bridgehead atoms. The van der Waals surface area contributed by atoms with E-state index in [0.29, 0.717) is 16.3 Å². The summed E-state index contributed by atoms with van der Waals surface area (Å²) in [6, 6.07) is 8.77. The van der Waals surface area contributed by atoms with Crippen molar-refractivity contribution in [3.05, 3.63) is 62.8 Å². The van der Waals surface area contributed by atoms with Gasteiger partial charge < -0.3 is 10.6 Å². The van der Waals surface area contributed by atoms with E-state index in [1.54, 1.807) is 25.1 Å². The summed E-state index contributed by atoms with van der Waals surface area (Å²) in [5, 5.41) is 6.46. The summed E-state index contributed by atoms with van der Waals surface area (Å²) in [5.74, 6) is -0.663. The van der Waals surface area contributed by atoms with Gasteiger partial charge in [-0.25, -0.2) is 4.39 Å². The van der Waals surface area contributed by atoms with E-state index in [0.717, 1.165) is 0 Å². The molecule has 0 saturated heterocycles. The van der Waals surface area contributed by atoms with Gasteiger partial charge in [0.05, 0.1) is 21.8 Å². The highest BCUT2D eigenvalue weighted by molar-refractivity contribution is 6.42. The summed E-state index contributed by atoms with van der Waals surface area (Å²) in [5.41, 5.74) is 0.775. The number of carbonyl (C=O) groups excluding carboxylic acids is 1. The molecule has 0 heterocycles. The van der Waals surface area contributed by atoms with Crippen molar-refractivity contribution in [3.8, 4) is 0 Å². The number of benzene rings is 2. The van der Waals surface area contributed by atoms with Crippen LogP contribution in [0.1, 0.15) is 12.5 Å². The van der Waals surface area contributed by atoms with E-state index in [1.165, 1.54) is 18.2 Å². The van der Waals surface area contributed by atoms with Crippen LogP contribution >= 0.6 is 34.8 Å². The predicted molar refractivity (Wildman–Crippen MR) is 92.8 cm³/mol. The van der Waals surface area contributed by atoms with Crippen LogP contribution in [0.4, 0.5) is 10.1 Å². The molecule has 2 N–H and O–H groups in total. The Morgan fingerprint density at radius 3 is 2.39 bits per heavy atom. The van der Waals surface area contributed by atoms with Crippen molar-refractivity contribution < 1.29 is 9.18 Å². The lowest BCUT2D eigenvalue weighted by Crippen LogP contribution is -2.37. The molecule has 1 atom stereocenters. The second-order valence-corrected chi connectivity index (χ2v) is 6.18. The zero-order chi connectivity index (χ0) is 17.0. The summed E-state index contributed by atoms with van der Waals surface area (Å²) in [6.45, 7) is 1.89. The minimum absolute atomic E-state index is 0.226. The van der Waals surface area contributed by atoms with E-state index in [2.05, 4.69) is 10.6 Å². The van der Waals surface area contributed by atoms with Crippen molar-refractivity contribution in [2.45, 2.75) is 19.5 Å². The third-order valence-electron chi connectivity index (χ3n) is 3.20. The fraction of sp³-hybridized carbons (Fsp3) is 0.188. The van der Waals surface area contributed by atoms with Crippen molar-refractivity contribution >= 4 is 46.4 Å². The van der Waals surface area contributed by atoms with Gasteiger partial charge in [0.2, 0.25) is 5.91 Å². The highest BCUT2D eigenvalue weighted by Crippen LogP contribution is 2.33. The van der Waals surface area contributed by atoms with Crippen LogP contribution < -0.4 is 10.6 Å². The first kappa shape index (κ1) is 18.0. The number of nitrogens with one attached hydrogen (secondary N) is 2. The van der Waals surface area contributed by atoms with E-state index in [9.17, 15) is 9.18 Å². The minimum Gasteiger partial charge on any atom is -0.322 e. The molecule has 1 amide bonds. The van der Waals surface area contributed by atoms with Gasteiger partial charge in [-0.05, 0) is 25.1 Å². The largest absolute Gasteiger partial charge is 0.322 e. The molecule has 122 valence electrons. The van der Waals surface area contributed by atoms with Gasteiger partial charge in [-0.2, -0.15) is 0 Å². The predicted octanol–water partition coefficient (Wildman–Crippen LogP) is 4.90. The van der Waals surface area contributed by atoms with E-state index in [-0.39, 0.29) is 28.3 Å². The maximum Gasteiger partial charge on any atom is 0.241 e. The van der Waals surface area contributed by atoms with Crippen LogP contribution in [0.2, 0.25) is 15.1 Å². The van der Waals surface area contributed by atoms with Gasteiger partial charge in [-0.3, -0.25) is 4.79 Å². The van der Waals surface area contributed by atoms with Crippen LogP contribution in [0.5, 0.6) is 0 Å². The fourth-order valence-electron chi connectivity index (χ4n) is 1.89. The summed E-state index contributed by atoms with van der Waals surface area (Å²) < 4.78 is 13.5. The standard InChI is InChI=1S/C16H14Cl3FN2O/c1-9(21-8-10-4-2-3-5-14(10)20)16(23)22-15-12(18)6-11(17)7-13(15)19/h2-7,9,21H,8H2,1H3,(H,22,23)/t9-/m1/s1. The summed E-state index contributed by atoms with van der Waals surface area (Å²) in [6.07, 6.45) is 0. The van der Waals surface area contributed by atoms with E-state index >= 15 is 0 Å². The third kappa shape index (κ3) is 4.82. The van der Waals surface area contributed by atoms with Gasteiger partial charge in [0.25, 0.3) is 0 Å². The lowest BCUT2D eigenvalue weighted by atomic mass is 10.2. The first-order valence-corrected chi connectivity index (χ1v) is 7.94. The van der Waals surface area contributed by atoms with Crippen LogP contribution in [-0.2, 0) is 11.3 Å². The summed E-state index contributed by atoms with van der Waals surface area (Å²) >= 11 is 17.9. The van der Waals surface area contributed by atoms with Crippen LogP contribution in [0.25, 0.3) is 0 Å². The molecular weight excluding hydrogens is 362 g/mol. The molecule has 0 saturated carbocycles. The van der Waals surface area contributed by atoms with Gasteiger partial charge in [-0.1, -0.05) is 53.0 Å². The monoisotopic (exact) mass is 374 g/mol. The Balaban J connectivity index is 1.99. The molecule has 0 radical (unpaired) electrons. The molecule has 0 fully saturated rings. The quantitative estimate of drug-likeness (QED) is 0.780. The molecule has 2 aromatic rings. The number of anilines is 1. The number of halogens is 4. The maximum atomic E-state index is 13.5. The van der Waals surface area contributed by atoms with Gasteiger partial charge in [0.1, 0.15) is 5.82 Å². The lowest BCUT2D eigenvalue weighted by molar-refractivity contribution is -0.117. The Kier molecular flexibility index (Phi) is 6.25. The van der Waals surface area contributed by atoms with Crippen molar-refractivity contribution in [1.82, 2.24) is 5.32 Å². The molecule has 0 aliphatic rings. The Bertz CT molecular complexity index is 701.